The topological polar surface area (TPSA) is 62.7 Å². The first-order valence-corrected chi connectivity index (χ1v) is 7.21. The summed E-state index contributed by atoms with van der Waals surface area (Å²) in [6.45, 7) is 4.17. The van der Waals surface area contributed by atoms with Crippen LogP contribution in [0.3, 0.4) is 0 Å². The van der Waals surface area contributed by atoms with Crippen molar-refractivity contribution in [2.45, 2.75) is 32.3 Å². The van der Waals surface area contributed by atoms with Crippen molar-refractivity contribution < 1.29 is 14.6 Å². The van der Waals surface area contributed by atoms with E-state index in [2.05, 4.69) is 9.88 Å². The van der Waals surface area contributed by atoms with E-state index in [1.54, 1.807) is 12.3 Å². The van der Waals surface area contributed by atoms with Gasteiger partial charge in [-0.25, -0.2) is 0 Å². The quantitative estimate of drug-likeness (QED) is 0.802. The number of aliphatic hydroxyl groups is 1. The molecular weight excluding hydrogens is 256 g/mol. The number of rotatable bonds is 6. The fraction of sp³-hybridized carbons (Fsp3) is 0.600. The van der Waals surface area contributed by atoms with Crippen LogP contribution in [-0.2, 0) is 4.74 Å². The van der Waals surface area contributed by atoms with Gasteiger partial charge in [0.1, 0.15) is 5.69 Å². The van der Waals surface area contributed by atoms with Gasteiger partial charge in [0, 0.05) is 19.5 Å². The number of piperidine rings is 1. The van der Waals surface area contributed by atoms with Gasteiger partial charge in [-0.05, 0) is 25.0 Å². The summed E-state index contributed by atoms with van der Waals surface area (Å²) < 4.78 is 5.54. The molecule has 1 aliphatic rings. The Kier molecular flexibility index (Phi) is 5.49. The van der Waals surface area contributed by atoms with E-state index in [0.717, 1.165) is 31.6 Å². The molecule has 20 heavy (non-hydrogen) atoms. The minimum absolute atomic E-state index is 0.0765. The van der Waals surface area contributed by atoms with E-state index in [9.17, 15) is 4.79 Å². The number of ether oxygens (including phenoxy) is 1. The Bertz CT molecular complexity index is 425. The summed E-state index contributed by atoms with van der Waals surface area (Å²) in [4.78, 5) is 18.0. The molecule has 1 saturated heterocycles. The highest BCUT2D eigenvalue weighted by molar-refractivity contribution is 5.94. The van der Waals surface area contributed by atoms with Crippen molar-refractivity contribution in [3.63, 3.8) is 0 Å². The Balaban J connectivity index is 1.89. The Morgan fingerprint density at radius 1 is 1.45 bits per heavy atom. The van der Waals surface area contributed by atoms with Crippen molar-refractivity contribution in [2.75, 3.05) is 31.2 Å². The minimum Gasteiger partial charge on any atom is -0.394 e. The fourth-order valence-electron chi connectivity index (χ4n) is 2.42. The van der Waals surface area contributed by atoms with Gasteiger partial charge in [0.2, 0.25) is 0 Å². The molecule has 0 unspecified atom stereocenters. The lowest BCUT2D eigenvalue weighted by Crippen LogP contribution is -2.37. The predicted molar refractivity (Wildman–Crippen MR) is 77.1 cm³/mol. The molecule has 0 bridgehead atoms. The molecule has 0 spiro atoms. The van der Waals surface area contributed by atoms with Gasteiger partial charge in [0.15, 0.2) is 5.78 Å². The van der Waals surface area contributed by atoms with Crippen molar-refractivity contribution in [2.24, 2.45) is 0 Å². The fourth-order valence-corrected chi connectivity index (χ4v) is 2.42. The first kappa shape index (κ1) is 14.9. The van der Waals surface area contributed by atoms with Gasteiger partial charge in [0.05, 0.1) is 31.2 Å². The SMILES string of the molecule is CCC(=O)c1ccc(N2CCC(OCCO)CC2)cn1. The molecule has 0 saturated carbocycles. The molecule has 2 rings (SSSR count). The average Bonchev–Trinajstić information content (AvgIpc) is 2.53. The number of nitrogens with zero attached hydrogens (tertiary/aromatic N) is 2. The van der Waals surface area contributed by atoms with E-state index >= 15 is 0 Å². The summed E-state index contributed by atoms with van der Waals surface area (Å²) in [7, 11) is 0. The largest absolute Gasteiger partial charge is 0.394 e. The normalized spacial score (nSPS) is 16.4. The van der Waals surface area contributed by atoms with Crippen LogP contribution >= 0.6 is 0 Å². The molecule has 0 atom stereocenters. The predicted octanol–water partition coefficient (Wildman–Crippen LogP) is 1.65. The van der Waals surface area contributed by atoms with Crippen molar-refractivity contribution >= 4 is 11.5 Å². The molecule has 5 nitrogen and oxygen atoms in total. The lowest BCUT2D eigenvalue weighted by Gasteiger charge is -2.33. The van der Waals surface area contributed by atoms with Gasteiger partial charge >= 0.3 is 0 Å². The van der Waals surface area contributed by atoms with E-state index in [-0.39, 0.29) is 18.5 Å². The number of pyridine rings is 1. The molecule has 110 valence electrons. The molecule has 1 fully saturated rings. The zero-order chi connectivity index (χ0) is 14.4. The number of hydrogen-bond donors (Lipinski definition) is 1. The first-order valence-electron chi connectivity index (χ1n) is 7.21. The summed E-state index contributed by atoms with van der Waals surface area (Å²) in [5.74, 6) is 0.0765. The maximum atomic E-state index is 11.5. The Morgan fingerprint density at radius 2 is 2.20 bits per heavy atom. The zero-order valence-electron chi connectivity index (χ0n) is 11.9. The van der Waals surface area contributed by atoms with Crippen LogP contribution in [0.25, 0.3) is 0 Å². The number of aromatic nitrogens is 1. The second-order valence-electron chi connectivity index (χ2n) is 4.96. The van der Waals surface area contributed by atoms with Gasteiger partial charge < -0.3 is 14.7 Å². The average molecular weight is 278 g/mol. The van der Waals surface area contributed by atoms with Gasteiger partial charge in [-0.15, -0.1) is 0 Å². The first-order chi connectivity index (χ1) is 9.74. The minimum atomic E-state index is 0.0765. The molecular formula is C15H22N2O3. The highest BCUT2D eigenvalue weighted by Crippen LogP contribution is 2.21. The van der Waals surface area contributed by atoms with Gasteiger partial charge in [-0.3, -0.25) is 9.78 Å². The van der Waals surface area contributed by atoms with E-state index in [1.165, 1.54) is 0 Å². The molecule has 1 N–H and O–H groups in total. The summed E-state index contributed by atoms with van der Waals surface area (Å²) in [6, 6.07) is 3.76. The van der Waals surface area contributed by atoms with Crippen LogP contribution in [0, 0.1) is 0 Å². The number of anilines is 1. The van der Waals surface area contributed by atoms with Gasteiger partial charge in [0.25, 0.3) is 0 Å². The standard InChI is InChI=1S/C15H22N2O3/c1-2-15(19)14-4-3-12(11-16-14)17-7-5-13(6-8-17)20-10-9-18/h3-4,11,13,18H,2,5-10H2,1H3. The van der Waals surface area contributed by atoms with Crippen molar-refractivity contribution in [3.05, 3.63) is 24.0 Å². The molecule has 0 aromatic carbocycles. The van der Waals surface area contributed by atoms with Crippen molar-refractivity contribution in [3.8, 4) is 0 Å². The third-order valence-corrected chi connectivity index (χ3v) is 3.61. The highest BCUT2D eigenvalue weighted by atomic mass is 16.5. The molecule has 0 radical (unpaired) electrons. The lowest BCUT2D eigenvalue weighted by molar-refractivity contribution is 0.0159. The van der Waals surface area contributed by atoms with Crippen molar-refractivity contribution in [1.29, 1.82) is 0 Å². The molecule has 0 amide bonds. The number of carbonyl (C=O) groups excluding carboxylic acids is 1. The van der Waals surface area contributed by atoms with Gasteiger partial charge in [-0.1, -0.05) is 6.92 Å². The Hall–Kier alpha value is -1.46. The van der Waals surface area contributed by atoms with Crippen molar-refractivity contribution in [1.82, 2.24) is 4.98 Å². The highest BCUT2D eigenvalue weighted by Gasteiger charge is 2.20. The Labute approximate surface area is 119 Å². The second kappa shape index (κ2) is 7.36. The van der Waals surface area contributed by atoms with E-state index < -0.39 is 0 Å². The summed E-state index contributed by atoms with van der Waals surface area (Å²) in [6.07, 6.45) is 4.41. The molecule has 1 aromatic rings. The maximum absolute atomic E-state index is 11.5. The molecule has 1 aromatic heterocycles. The number of ketones is 1. The monoisotopic (exact) mass is 278 g/mol. The second-order valence-corrected chi connectivity index (χ2v) is 4.96. The van der Waals surface area contributed by atoms with E-state index in [4.69, 9.17) is 9.84 Å². The van der Waals surface area contributed by atoms with E-state index in [0.29, 0.717) is 18.7 Å². The molecule has 2 heterocycles. The number of carbonyl (C=O) groups is 1. The van der Waals surface area contributed by atoms with Crippen LogP contribution in [-0.4, -0.2) is 48.3 Å². The van der Waals surface area contributed by atoms with E-state index in [1.807, 2.05) is 13.0 Å². The smallest absolute Gasteiger partial charge is 0.180 e. The number of hydrogen-bond acceptors (Lipinski definition) is 5. The molecule has 1 aliphatic heterocycles. The number of Topliss-reactive ketones (excluding diaryl/α,β-unsaturated/α-hetero) is 1. The van der Waals surface area contributed by atoms with Crippen LogP contribution in [0.5, 0.6) is 0 Å². The third-order valence-electron chi connectivity index (χ3n) is 3.61. The summed E-state index contributed by atoms with van der Waals surface area (Å²) in [5, 5.41) is 8.75. The number of aliphatic hydroxyl groups excluding tert-OH is 1. The van der Waals surface area contributed by atoms with Gasteiger partial charge in [-0.2, -0.15) is 0 Å². The zero-order valence-corrected chi connectivity index (χ0v) is 11.9. The summed E-state index contributed by atoms with van der Waals surface area (Å²) >= 11 is 0. The lowest BCUT2D eigenvalue weighted by atomic mass is 10.1. The Morgan fingerprint density at radius 3 is 2.75 bits per heavy atom. The van der Waals surface area contributed by atoms with Crippen LogP contribution in [0.2, 0.25) is 0 Å². The summed E-state index contributed by atoms with van der Waals surface area (Å²) in [5.41, 5.74) is 1.59. The van der Waals surface area contributed by atoms with Crippen LogP contribution in [0.4, 0.5) is 5.69 Å². The third kappa shape index (κ3) is 3.77. The van der Waals surface area contributed by atoms with Crippen LogP contribution in [0.15, 0.2) is 18.3 Å². The molecule has 0 aliphatic carbocycles. The maximum Gasteiger partial charge on any atom is 0.180 e. The van der Waals surface area contributed by atoms with Crippen LogP contribution in [0.1, 0.15) is 36.7 Å². The van der Waals surface area contributed by atoms with Crippen LogP contribution < -0.4 is 4.90 Å². The molecule has 5 heteroatoms.